The van der Waals surface area contributed by atoms with Gasteiger partial charge in [-0.3, -0.25) is 0 Å². The summed E-state index contributed by atoms with van der Waals surface area (Å²) in [5.41, 5.74) is 1.20. The number of hydrogen-bond acceptors (Lipinski definition) is 2. The molecule has 0 saturated heterocycles. The highest BCUT2D eigenvalue weighted by molar-refractivity contribution is 14.1. The number of benzene rings is 1. The first-order valence-corrected chi connectivity index (χ1v) is 7.00. The number of aryl methyl sites for hydroxylation is 1. The Morgan fingerprint density at radius 1 is 1.19 bits per heavy atom. The Hall–Kier alpha value is -0.390. The van der Waals surface area contributed by atoms with Crippen LogP contribution in [0.2, 0.25) is 0 Å². The second-order valence-corrected chi connectivity index (χ2v) is 6.17. The molecule has 2 aromatic rings. The Bertz CT molecular complexity index is 485. The minimum atomic E-state index is -0.886. The molecule has 0 saturated carbocycles. The minimum Gasteiger partial charge on any atom is -0.380 e. The van der Waals surface area contributed by atoms with E-state index in [2.05, 4.69) is 22.6 Å². The molecule has 3 heteroatoms. The van der Waals surface area contributed by atoms with Crippen molar-refractivity contribution in [3.63, 3.8) is 0 Å². The number of thiophene rings is 1. The molecule has 2 rings (SSSR count). The summed E-state index contributed by atoms with van der Waals surface area (Å²) in [4.78, 5) is 1.02. The molecule has 84 valence electrons. The van der Waals surface area contributed by atoms with Crippen molar-refractivity contribution < 1.29 is 5.11 Å². The van der Waals surface area contributed by atoms with Gasteiger partial charge in [-0.25, -0.2) is 0 Å². The molecule has 16 heavy (non-hydrogen) atoms. The third kappa shape index (κ3) is 2.17. The van der Waals surface area contributed by atoms with Crippen molar-refractivity contribution in [2.45, 2.75) is 19.4 Å². The van der Waals surface area contributed by atoms with Gasteiger partial charge in [0.15, 0.2) is 0 Å². The molecule has 1 atom stereocenters. The van der Waals surface area contributed by atoms with Crippen molar-refractivity contribution >= 4 is 33.9 Å². The topological polar surface area (TPSA) is 20.2 Å². The van der Waals surface area contributed by atoms with Crippen molar-refractivity contribution in [1.29, 1.82) is 0 Å². The number of rotatable bonds is 2. The average Bonchev–Trinajstić information content (AvgIpc) is 2.66. The first kappa shape index (κ1) is 12.1. The highest BCUT2D eigenvalue weighted by Gasteiger charge is 2.28. The van der Waals surface area contributed by atoms with Crippen molar-refractivity contribution in [2.75, 3.05) is 0 Å². The molecule has 1 aromatic carbocycles. The highest BCUT2D eigenvalue weighted by atomic mass is 127. The van der Waals surface area contributed by atoms with Gasteiger partial charge < -0.3 is 5.11 Å². The van der Waals surface area contributed by atoms with Gasteiger partial charge in [-0.15, -0.1) is 11.3 Å². The van der Waals surface area contributed by atoms with Crippen molar-refractivity contribution in [2.24, 2.45) is 0 Å². The average molecular weight is 344 g/mol. The summed E-state index contributed by atoms with van der Waals surface area (Å²) < 4.78 is 1.18. The Morgan fingerprint density at radius 2 is 1.81 bits per heavy atom. The Morgan fingerprint density at radius 3 is 2.31 bits per heavy atom. The van der Waals surface area contributed by atoms with Gasteiger partial charge in [0.2, 0.25) is 0 Å². The first-order valence-electron chi connectivity index (χ1n) is 5.05. The van der Waals surface area contributed by atoms with E-state index in [1.54, 1.807) is 11.3 Å². The minimum absolute atomic E-state index is 0.886. The van der Waals surface area contributed by atoms with Crippen LogP contribution < -0.4 is 0 Å². The molecular weight excluding hydrogens is 331 g/mol. The molecule has 1 unspecified atom stereocenters. The fourth-order valence-corrected chi connectivity index (χ4v) is 3.15. The maximum Gasteiger partial charge on any atom is 0.121 e. The maximum absolute atomic E-state index is 10.6. The van der Waals surface area contributed by atoms with E-state index < -0.39 is 5.60 Å². The SMILES string of the molecule is Cc1ccsc1C(C)(O)c1ccc(I)cc1. The number of hydrogen-bond donors (Lipinski definition) is 1. The van der Waals surface area contributed by atoms with Crippen LogP contribution >= 0.6 is 33.9 Å². The maximum atomic E-state index is 10.6. The van der Waals surface area contributed by atoms with Crippen LogP contribution in [0.3, 0.4) is 0 Å². The summed E-state index contributed by atoms with van der Waals surface area (Å²) in [6, 6.07) is 10.1. The normalized spacial score (nSPS) is 14.8. The zero-order valence-corrected chi connectivity index (χ0v) is 12.2. The zero-order valence-electron chi connectivity index (χ0n) is 9.20. The Labute approximate surface area is 113 Å². The van der Waals surface area contributed by atoms with E-state index in [0.717, 1.165) is 16.0 Å². The summed E-state index contributed by atoms with van der Waals surface area (Å²) >= 11 is 3.87. The van der Waals surface area contributed by atoms with Gasteiger partial charge >= 0.3 is 0 Å². The molecule has 1 aromatic heterocycles. The van der Waals surface area contributed by atoms with E-state index >= 15 is 0 Å². The van der Waals surface area contributed by atoms with E-state index in [4.69, 9.17) is 0 Å². The molecule has 0 aliphatic rings. The molecule has 0 amide bonds. The van der Waals surface area contributed by atoms with Gasteiger partial charge in [0.05, 0.1) is 0 Å². The molecule has 1 heterocycles. The fraction of sp³-hybridized carbons (Fsp3) is 0.231. The number of halogens is 1. The van der Waals surface area contributed by atoms with Crippen molar-refractivity contribution in [1.82, 2.24) is 0 Å². The van der Waals surface area contributed by atoms with Gasteiger partial charge in [0.1, 0.15) is 5.60 Å². The van der Waals surface area contributed by atoms with Gasteiger partial charge in [-0.05, 0) is 71.1 Å². The lowest BCUT2D eigenvalue weighted by Gasteiger charge is -2.23. The molecule has 1 nitrogen and oxygen atoms in total. The van der Waals surface area contributed by atoms with Crippen LogP contribution in [-0.4, -0.2) is 5.11 Å². The lowest BCUT2D eigenvalue weighted by Crippen LogP contribution is -2.22. The molecule has 0 aliphatic carbocycles. The van der Waals surface area contributed by atoms with Crippen LogP contribution in [0.5, 0.6) is 0 Å². The van der Waals surface area contributed by atoms with Gasteiger partial charge in [-0.1, -0.05) is 12.1 Å². The van der Waals surface area contributed by atoms with Gasteiger partial charge in [0.25, 0.3) is 0 Å². The van der Waals surface area contributed by atoms with Gasteiger partial charge in [-0.2, -0.15) is 0 Å². The second-order valence-electron chi connectivity index (χ2n) is 4.01. The third-order valence-electron chi connectivity index (χ3n) is 2.71. The van der Waals surface area contributed by atoms with E-state index in [0.29, 0.717) is 0 Å². The number of aliphatic hydroxyl groups is 1. The monoisotopic (exact) mass is 344 g/mol. The van der Waals surface area contributed by atoms with E-state index in [1.165, 1.54) is 3.57 Å². The second kappa shape index (κ2) is 4.47. The van der Waals surface area contributed by atoms with E-state index in [1.807, 2.05) is 49.6 Å². The van der Waals surface area contributed by atoms with Crippen molar-refractivity contribution in [3.05, 3.63) is 55.3 Å². The first-order chi connectivity index (χ1) is 7.51. The van der Waals surface area contributed by atoms with Gasteiger partial charge in [0, 0.05) is 8.45 Å². The summed E-state index contributed by atoms with van der Waals surface area (Å²) in [6.45, 7) is 3.89. The van der Waals surface area contributed by atoms with Crippen molar-refractivity contribution in [3.8, 4) is 0 Å². The van der Waals surface area contributed by atoms with E-state index in [-0.39, 0.29) is 0 Å². The smallest absolute Gasteiger partial charge is 0.121 e. The largest absolute Gasteiger partial charge is 0.380 e. The fourth-order valence-electron chi connectivity index (χ4n) is 1.78. The lowest BCUT2D eigenvalue weighted by atomic mass is 9.92. The third-order valence-corrected chi connectivity index (χ3v) is 4.66. The summed E-state index contributed by atoms with van der Waals surface area (Å²) in [7, 11) is 0. The molecule has 0 bridgehead atoms. The molecule has 0 fully saturated rings. The summed E-state index contributed by atoms with van der Waals surface area (Å²) in [5, 5.41) is 12.6. The molecule has 0 aliphatic heterocycles. The highest BCUT2D eigenvalue weighted by Crippen LogP contribution is 2.34. The summed E-state index contributed by atoms with van der Waals surface area (Å²) in [6.07, 6.45) is 0. The molecule has 0 spiro atoms. The predicted octanol–water partition coefficient (Wildman–Crippen LogP) is 3.92. The standard InChI is InChI=1S/C13H13IOS/c1-9-7-8-16-12(9)13(2,15)10-3-5-11(14)6-4-10/h3-8,15H,1-2H3. The molecule has 0 radical (unpaired) electrons. The summed E-state index contributed by atoms with van der Waals surface area (Å²) in [5.74, 6) is 0. The lowest BCUT2D eigenvalue weighted by molar-refractivity contribution is 0.106. The molecular formula is C13H13IOS. The van der Waals surface area contributed by atoms with Crippen LogP contribution in [0.25, 0.3) is 0 Å². The Kier molecular flexibility index (Phi) is 3.37. The van der Waals surface area contributed by atoms with Crippen LogP contribution in [0.15, 0.2) is 35.7 Å². The van der Waals surface area contributed by atoms with Crippen LogP contribution in [0, 0.1) is 10.5 Å². The molecule has 1 N–H and O–H groups in total. The predicted molar refractivity (Wildman–Crippen MR) is 76.9 cm³/mol. The quantitative estimate of drug-likeness (QED) is 0.819. The van der Waals surface area contributed by atoms with Crippen LogP contribution in [0.4, 0.5) is 0 Å². The van der Waals surface area contributed by atoms with E-state index in [9.17, 15) is 5.11 Å². The Balaban J connectivity index is 2.46. The van der Waals surface area contributed by atoms with Crippen LogP contribution in [-0.2, 0) is 5.60 Å². The zero-order chi connectivity index (χ0) is 11.8. The van der Waals surface area contributed by atoms with Crippen LogP contribution in [0.1, 0.15) is 22.9 Å².